The number of hydrogen-bond donors (Lipinski definition) is 1. The Bertz CT molecular complexity index is 408. The van der Waals surface area contributed by atoms with Crippen LogP contribution in [0.4, 0.5) is 0 Å². The SMILES string of the molecule is Cc1cccc(C(C)N(CC2CCCNC2)C(C)C)c1. The Morgan fingerprint density at radius 1 is 1.30 bits per heavy atom. The molecule has 1 aliphatic heterocycles. The molecule has 2 heteroatoms. The minimum Gasteiger partial charge on any atom is -0.316 e. The smallest absolute Gasteiger partial charge is 0.0322 e. The number of hydrogen-bond acceptors (Lipinski definition) is 2. The highest BCUT2D eigenvalue weighted by Crippen LogP contribution is 2.25. The van der Waals surface area contributed by atoms with Crippen LogP contribution >= 0.6 is 0 Å². The second-order valence-corrected chi connectivity index (χ2v) is 6.59. The van der Waals surface area contributed by atoms with Gasteiger partial charge >= 0.3 is 0 Å². The molecule has 20 heavy (non-hydrogen) atoms. The Morgan fingerprint density at radius 3 is 2.70 bits per heavy atom. The van der Waals surface area contributed by atoms with Gasteiger partial charge in [0, 0.05) is 18.6 Å². The Balaban J connectivity index is 2.07. The van der Waals surface area contributed by atoms with E-state index in [0.29, 0.717) is 12.1 Å². The van der Waals surface area contributed by atoms with Gasteiger partial charge in [0.2, 0.25) is 0 Å². The van der Waals surface area contributed by atoms with Gasteiger partial charge in [-0.05, 0) is 65.1 Å². The fourth-order valence-corrected chi connectivity index (χ4v) is 3.32. The fraction of sp³-hybridized carbons (Fsp3) is 0.667. The van der Waals surface area contributed by atoms with Crippen LogP contribution in [0.1, 0.15) is 50.8 Å². The van der Waals surface area contributed by atoms with Gasteiger partial charge < -0.3 is 5.32 Å². The maximum absolute atomic E-state index is 3.54. The van der Waals surface area contributed by atoms with E-state index in [1.54, 1.807) is 0 Å². The van der Waals surface area contributed by atoms with E-state index in [-0.39, 0.29) is 0 Å². The third kappa shape index (κ3) is 4.07. The molecule has 1 saturated heterocycles. The van der Waals surface area contributed by atoms with Gasteiger partial charge in [-0.25, -0.2) is 0 Å². The van der Waals surface area contributed by atoms with Crippen molar-refractivity contribution in [2.75, 3.05) is 19.6 Å². The molecule has 0 spiro atoms. The van der Waals surface area contributed by atoms with E-state index in [1.807, 2.05) is 0 Å². The first-order chi connectivity index (χ1) is 9.58. The molecule has 1 fully saturated rings. The molecule has 0 radical (unpaired) electrons. The van der Waals surface area contributed by atoms with E-state index in [4.69, 9.17) is 0 Å². The van der Waals surface area contributed by atoms with Gasteiger partial charge in [0.05, 0.1) is 0 Å². The van der Waals surface area contributed by atoms with Crippen LogP contribution in [0.25, 0.3) is 0 Å². The third-order valence-electron chi connectivity index (χ3n) is 4.55. The van der Waals surface area contributed by atoms with Gasteiger partial charge in [-0.3, -0.25) is 4.90 Å². The Morgan fingerprint density at radius 2 is 2.10 bits per heavy atom. The van der Waals surface area contributed by atoms with Gasteiger partial charge in [0.1, 0.15) is 0 Å². The summed E-state index contributed by atoms with van der Waals surface area (Å²) in [6, 6.07) is 10.1. The topological polar surface area (TPSA) is 15.3 Å². The van der Waals surface area contributed by atoms with E-state index in [0.717, 1.165) is 5.92 Å². The molecule has 0 bridgehead atoms. The van der Waals surface area contributed by atoms with Gasteiger partial charge in [-0.1, -0.05) is 29.8 Å². The first-order valence-electron chi connectivity index (χ1n) is 8.11. The van der Waals surface area contributed by atoms with Crippen molar-refractivity contribution in [2.45, 2.75) is 52.6 Å². The van der Waals surface area contributed by atoms with Crippen molar-refractivity contribution in [2.24, 2.45) is 5.92 Å². The number of piperidine rings is 1. The molecule has 1 aliphatic rings. The fourth-order valence-electron chi connectivity index (χ4n) is 3.32. The van der Waals surface area contributed by atoms with Crippen LogP contribution < -0.4 is 5.32 Å². The molecule has 0 saturated carbocycles. The molecule has 2 atom stereocenters. The first kappa shape index (κ1) is 15.5. The van der Waals surface area contributed by atoms with Crippen molar-refractivity contribution in [1.82, 2.24) is 10.2 Å². The lowest BCUT2D eigenvalue weighted by molar-refractivity contribution is 0.126. The lowest BCUT2D eigenvalue weighted by Gasteiger charge is -2.37. The molecule has 0 aliphatic carbocycles. The minimum atomic E-state index is 0.497. The average molecular weight is 274 g/mol. The van der Waals surface area contributed by atoms with Crippen molar-refractivity contribution in [3.63, 3.8) is 0 Å². The predicted molar refractivity (Wildman–Crippen MR) is 87.0 cm³/mol. The molecule has 0 aromatic heterocycles. The van der Waals surface area contributed by atoms with Crippen LogP contribution in [0.3, 0.4) is 0 Å². The van der Waals surface area contributed by atoms with Gasteiger partial charge in [-0.15, -0.1) is 0 Å². The number of nitrogens with one attached hydrogen (secondary N) is 1. The normalized spacial score (nSPS) is 21.4. The zero-order chi connectivity index (χ0) is 14.5. The molecule has 1 heterocycles. The van der Waals surface area contributed by atoms with Crippen molar-refractivity contribution in [3.8, 4) is 0 Å². The monoisotopic (exact) mass is 274 g/mol. The van der Waals surface area contributed by atoms with Crippen LogP contribution in [0, 0.1) is 12.8 Å². The van der Waals surface area contributed by atoms with Crippen LogP contribution in [0.2, 0.25) is 0 Å². The third-order valence-corrected chi connectivity index (χ3v) is 4.55. The Hall–Kier alpha value is -0.860. The highest BCUT2D eigenvalue weighted by Gasteiger charge is 2.23. The quantitative estimate of drug-likeness (QED) is 0.879. The zero-order valence-corrected chi connectivity index (χ0v) is 13.5. The maximum atomic E-state index is 3.54. The summed E-state index contributed by atoms with van der Waals surface area (Å²) in [7, 11) is 0. The maximum Gasteiger partial charge on any atom is 0.0322 e. The molecule has 1 aromatic rings. The first-order valence-corrected chi connectivity index (χ1v) is 8.11. The summed E-state index contributed by atoms with van der Waals surface area (Å²) in [6.07, 6.45) is 2.70. The minimum absolute atomic E-state index is 0.497. The van der Waals surface area contributed by atoms with Crippen molar-refractivity contribution >= 4 is 0 Å². The molecule has 2 unspecified atom stereocenters. The summed E-state index contributed by atoms with van der Waals surface area (Å²) in [5.41, 5.74) is 2.81. The predicted octanol–water partition coefficient (Wildman–Crippen LogP) is 3.77. The van der Waals surface area contributed by atoms with E-state index < -0.39 is 0 Å². The molecule has 2 nitrogen and oxygen atoms in total. The average Bonchev–Trinajstić information content (AvgIpc) is 2.45. The Labute approximate surface area is 124 Å². The summed E-state index contributed by atoms with van der Waals surface area (Å²) in [4.78, 5) is 2.66. The van der Waals surface area contributed by atoms with E-state index >= 15 is 0 Å². The van der Waals surface area contributed by atoms with Gasteiger partial charge in [0.25, 0.3) is 0 Å². The lowest BCUT2D eigenvalue weighted by atomic mass is 9.96. The standard InChI is InChI=1S/C18H30N2/c1-14(2)20(13-17-8-6-10-19-12-17)16(4)18-9-5-7-15(3)11-18/h5,7,9,11,14,16-17,19H,6,8,10,12-13H2,1-4H3. The number of nitrogens with zero attached hydrogens (tertiary/aromatic N) is 1. The van der Waals surface area contributed by atoms with Crippen LogP contribution in [-0.2, 0) is 0 Å². The summed E-state index contributed by atoms with van der Waals surface area (Å²) in [5, 5.41) is 3.54. The summed E-state index contributed by atoms with van der Waals surface area (Å²) in [6.45, 7) is 12.8. The molecule has 2 rings (SSSR count). The zero-order valence-electron chi connectivity index (χ0n) is 13.5. The summed E-state index contributed by atoms with van der Waals surface area (Å²) < 4.78 is 0. The lowest BCUT2D eigenvalue weighted by Crippen LogP contribution is -2.42. The molecule has 0 amide bonds. The van der Waals surface area contributed by atoms with Gasteiger partial charge in [0.15, 0.2) is 0 Å². The number of rotatable bonds is 5. The summed E-state index contributed by atoms with van der Waals surface area (Å²) in [5.74, 6) is 0.804. The van der Waals surface area contributed by atoms with Crippen LogP contribution in [0.5, 0.6) is 0 Å². The van der Waals surface area contributed by atoms with Gasteiger partial charge in [-0.2, -0.15) is 0 Å². The van der Waals surface area contributed by atoms with Crippen LogP contribution in [-0.4, -0.2) is 30.6 Å². The van der Waals surface area contributed by atoms with E-state index in [2.05, 4.69) is 62.2 Å². The Kier molecular flexibility index (Phi) is 5.62. The number of aryl methyl sites for hydroxylation is 1. The highest BCUT2D eigenvalue weighted by molar-refractivity contribution is 5.24. The molecule has 1 aromatic carbocycles. The van der Waals surface area contributed by atoms with E-state index in [9.17, 15) is 0 Å². The van der Waals surface area contributed by atoms with Crippen molar-refractivity contribution in [1.29, 1.82) is 0 Å². The van der Waals surface area contributed by atoms with E-state index in [1.165, 1.54) is 43.6 Å². The highest BCUT2D eigenvalue weighted by atomic mass is 15.2. The molecule has 1 N–H and O–H groups in total. The number of benzene rings is 1. The largest absolute Gasteiger partial charge is 0.316 e. The molecular formula is C18H30N2. The second-order valence-electron chi connectivity index (χ2n) is 6.59. The van der Waals surface area contributed by atoms with Crippen LogP contribution in [0.15, 0.2) is 24.3 Å². The second kappa shape index (κ2) is 7.24. The van der Waals surface area contributed by atoms with Crippen molar-refractivity contribution < 1.29 is 0 Å². The van der Waals surface area contributed by atoms with Crippen molar-refractivity contribution in [3.05, 3.63) is 35.4 Å². The summed E-state index contributed by atoms with van der Waals surface area (Å²) >= 11 is 0. The molecule has 112 valence electrons. The molecular weight excluding hydrogens is 244 g/mol.